The highest BCUT2D eigenvalue weighted by Gasteiger charge is 2.25. The molecule has 0 radical (unpaired) electrons. The van der Waals surface area contributed by atoms with Crippen molar-refractivity contribution in [3.8, 4) is 11.3 Å². The third-order valence-corrected chi connectivity index (χ3v) is 7.84. The predicted molar refractivity (Wildman–Crippen MR) is 153 cm³/mol. The summed E-state index contributed by atoms with van der Waals surface area (Å²) in [6.45, 7) is 4.91. The van der Waals surface area contributed by atoms with Gasteiger partial charge in [-0.25, -0.2) is 17.5 Å². The Labute approximate surface area is 230 Å². The summed E-state index contributed by atoms with van der Waals surface area (Å²) in [5, 5.41) is 6.89. The van der Waals surface area contributed by atoms with Gasteiger partial charge in [-0.05, 0) is 73.7 Å². The maximum atomic E-state index is 15.5. The number of pyridine rings is 1. The SMILES string of the molecule is CCS(=O)(=O)Nc1cccc(-c2nn(C(C)C)c(=O)c3c(Nc4ccc(I)cc4F)c(F)c(=O)n(C)c23)c1. The quantitative estimate of drug-likeness (QED) is 0.279. The molecule has 9 nitrogen and oxygen atoms in total. The van der Waals surface area contributed by atoms with Crippen molar-refractivity contribution in [2.45, 2.75) is 26.8 Å². The molecule has 38 heavy (non-hydrogen) atoms. The molecule has 0 unspecified atom stereocenters. The second-order valence-electron chi connectivity index (χ2n) is 8.80. The molecule has 0 saturated heterocycles. The zero-order valence-corrected chi connectivity index (χ0v) is 23.8. The van der Waals surface area contributed by atoms with Crippen LogP contribution in [0.5, 0.6) is 0 Å². The van der Waals surface area contributed by atoms with Crippen LogP contribution in [0.3, 0.4) is 0 Å². The zero-order valence-electron chi connectivity index (χ0n) is 20.8. The molecule has 13 heteroatoms. The van der Waals surface area contributed by atoms with E-state index in [-0.39, 0.29) is 33.7 Å². The summed E-state index contributed by atoms with van der Waals surface area (Å²) >= 11 is 1.92. The van der Waals surface area contributed by atoms with Crippen molar-refractivity contribution in [3.63, 3.8) is 0 Å². The Hall–Kier alpha value is -3.33. The molecule has 200 valence electrons. The first-order valence-electron chi connectivity index (χ1n) is 11.5. The number of benzene rings is 2. The maximum Gasteiger partial charge on any atom is 0.289 e. The molecular formula is C25H24F2IN5O4S. The van der Waals surface area contributed by atoms with E-state index in [0.29, 0.717) is 9.13 Å². The number of aromatic nitrogens is 3. The number of hydrogen-bond acceptors (Lipinski definition) is 6. The Morgan fingerprint density at radius 2 is 1.79 bits per heavy atom. The van der Waals surface area contributed by atoms with Crippen LogP contribution >= 0.6 is 22.6 Å². The average molecular weight is 655 g/mol. The molecule has 0 saturated carbocycles. The molecule has 0 aliphatic carbocycles. The molecule has 2 aromatic carbocycles. The van der Waals surface area contributed by atoms with Gasteiger partial charge in [0.15, 0.2) is 0 Å². The van der Waals surface area contributed by atoms with Crippen LogP contribution in [-0.2, 0) is 17.1 Å². The van der Waals surface area contributed by atoms with Gasteiger partial charge in [-0.15, -0.1) is 0 Å². The van der Waals surface area contributed by atoms with Crippen LogP contribution in [0.25, 0.3) is 22.2 Å². The van der Waals surface area contributed by atoms with Gasteiger partial charge in [-0.1, -0.05) is 12.1 Å². The van der Waals surface area contributed by atoms with E-state index in [1.807, 2.05) is 22.6 Å². The van der Waals surface area contributed by atoms with E-state index in [0.717, 1.165) is 9.25 Å². The molecule has 0 aliphatic heterocycles. The second-order valence-corrected chi connectivity index (χ2v) is 12.1. The molecule has 0 fully saturated rings. The summed E-state index contributed by atoms with van der Waals surface area (Å²) in [5.41, 5.74) is -1.60. The number of rotatable bonds is 7. The summed E-state index contributed by atoms with van der Waals surface area (Å²) in [6.07, 6.45) is 0. The molecule has 2 heterocycles. The topological polar surface area (TPSA) is 115 Å². The fourth-order valence-corrected chi connectivity index (χ4v) is 5.00. The van der Waals surface area contributed by atoms with Crippen LogP contribution in [-0.4, -0.2) is 28.5 Å². The second kappa shape index (κ2) is 10.4. The lowest BCUT2D eigenvalue weighted by molar-refractivity contribution is 0.508. The van der Waals surface area contributed by atoms with Crippen molar-refractivity contribution in [1.82, 2.24) is 14.3 Å². The average Bonchev–Trinajstić information content (AvgIpc) is 2.86. The number of sulfonamides is 1. The smallest absolute Gasteiger partial charge is 0.289 e. The predicted octanol–water partition coefficient (Wildman–Crippen LogP) is 4.73. The number of hydrogen-bond donors (Lipinski definition) is 2. The van der Waals surface area contributed by atoms with Gasteiger partial charge in [0.05, 0.1) is 34.1 Å². The highest BCUT2D eigenvalue weighted by atomic mass is 127. The number of nitrogens with zero attached hydrogens (tertiary/aromatic N) is 3. The molecular weight excluding hydrogens is 631 g/mol. The highest BCUT2D eigenvalue weighted by Crippen LogP contribution is 2.33. The first-order chi connectivity index (χ1) is 17.8. The first-order valence-corrected chi connectivity index (χ1v) is 14.3. The van der Waals surface area contributed by atoms with Crippen molar-refractivity contribution in [1.29, 1.82) is 0 Å². The van der Waals surface area contributed by atoms with Crippen LogP contribution in [0.4, 0.5) is 25.8 Å². The normalized spacial score (nSPS) is 11.8. The lowest BCUT2D eigenvalue weighted by atomic mass is 10.1. The van der Waals surface area contributed by atoms with Gasteiger partial charge in [0.2, 0.25) is 15.8 Å². The van der Waals surface area contributed by atoms with Gasteiger partial charge in [0, 0.05) is 21.9 Å². The Bertz CT molecular complexity index is 1800. The Morgan fingerprint density at radius 3 is 2.42 bits per heavy atom. The minimum atomic E-state index is -3.59. The van der Waals surface area contributed by atoms with Crippen LogP contribution in [0.15, 0.2) is 52.1 Å². The largest absolute Gasteiger partial charge is 0.350 e. The van der Waals surface area contributed by atoms with Gasteiger partial charge in [-0.2, -0.15) is 9.49 Å². The third-order valence-electron chi connectivity index (χ3n) is 5.86. The Morgan fingerprint density at radius 1 is 1.08 bits per heavy atom. The number of fused-ring (bicyclic) bond motifs is 1. The van der Waals surface area contributed by atoms with Gasteiger partial charge < -0.3 is 9.88 Å². The van der Waals surface area contributed by atoms with Crippen molar-refractivity contribution in [2.24, 2.45) is 7.05 Å². The van der Waals surface area contributed by atoms with Gasteiger partial charge in [-0.3, -0.25) is 14.3 Å². The first kappa shape index (κ1) is 27.7. The number of aryl methyl sites for hydroxylation is 1. The van der Waals surface area contributed by atoms with Crippen LogP contribution < -0.4 is 21.2 Å². The minimum absolute atomic E-state index is 0.00205. The van der Waals surface area contributed by atoms with E-state index < -0.39 is 44.5 Å². The molecule has 0 amide bonds. The molecule has 2 aromatic heterocycles. The monoisotopic (exact) mass is 655 g/mol. The lowest BCUT2D eigenvalue weighted by Crippen LogP contribution is -2.31. The molecule has 0 atom stereocenters. The maximum absolute atomic E-state index is 15.5. The van der Waals surface area contributed by atoms with Crippen molar-refractivity contribution in [2.75, 3.05) is 15.8 Å². The summed E-state index contributed by atoms with van der Waals surface area (Å²) in [6, 6.07) is 10.00. The molecule has 2 N–H and O–H groups in total. The van der Waals surface area contributed by atoms with Crippen LogP contribution in [0.1, 0.15) is 26.8 Å². The molecule has 0 spiro atoms. The highest BCUT2D eigenvalue weighted by molar-refractivity contribution is 14.1. The Balaban J connectivity index is 2.09. The van der Waals surface area contributed by atoms with Gasteiger partial charge in [0.25, 0.3) is 11.1 Å². The molecule has 4 aromatic rings. The summed E-state index contributed by atoms with van der Waals surface area (Å²) in [5.74, 6) is -2.10. The van der Waals surface area contributed by atoms with E-state index in [2.05, 4.69) is 15.1 Å². The van der Waals surface area contributed by atoms with Crippen molar-refractivity contribution >= 4 is 60.6 Å². The molecule has 0 bridgehead atoms. The number of anilines is 3. The molecule has 0 aliphatic rings. The fraction of sp³-hybridized carbons (Fsp3) is 0.240. The number of nitrogens with one attached hydrogen (secondary N) is 2. The van der Waals surface area contributed by atoms with E-state index in [1.54, 1.807) is 38.1 Å². The third kappa shape index (κ3) is 5.16. The van der Waals surface area contributed by atoms with Crippen molar-refractivity contribution < 1.29 is 17.2 Å². The fourth-order valence-electron chi connectivity index (χ4n) is 3.92. The number of halogens is 3. The van der Waals surface area contributed by atoms with E-state index in [4.69, 9.17) is 0 Å². The van der Waals surface area contributed by atoms with E-state index in [9.17, 15) is 22.4 Å². The van der Waals surface area contributed by atoms with Crippen LogP contribution in [0.2, 0.25) is 0 Å². The summed E-state index contributed by atoms with van der Waals surface area (Å²) < 4.78 is 59.6. The summed E-state index contributed by atoms with van der Waals surface area (Å²) in [4.78, 5) is 26.6. The van der Waals surface area contributed by atoms with Crippen molar-refractivity contribution in [3.05, 3.63) is 78.4 Å². The van der Waals surface area contributed by atoms with Gasteiger partial charge >= 0.3 is 0 Å². The van der Waals surface area contributed by atoms with E-state index >= 15 is 4.39 Å². The zero-order chi connectivity index (χ0) is 27.9. The van der Waals surface area contributed by atoms with Gasteiger partial charge in [0.1, 0.15) is 11.5 Å². The Kier molecular flexibility index (Phi) is 7.61. The standard InChI is InChI=1S/C25H24F2IN5O4S/c1-5-38(36,37)31-16-8-6-7-14(11-16)21-23-19(24(34)33(30-21)13(2)3)22(20(27)25(35)32(23)4)29-18-10-9-15(28)12-17(18)26/h6-13,29,31H,5H2,1-4H3. The molecule has 4 rings (SSSR count). The minimum Gasteiger partial charge on any atom is -0.350 e. The lowest BCUT2D eigenvalue weighted by Gasteiger charge is -2.19. The summed E-state index contributed by atoms with van der Waals surface area (Å²) in [7, 11) is -2.29. The van der Waals surface area contributed by atoms with E-state index in [1.165, 1.54) is 32.2 Å². The van der Waals surface area contributed by atoms with Crippen LogP contribution in [0, 0.1) is 15.2 Å².